The highest BCUT2D eigenvalue weighted by molar-refractivity contribution is 6.33. The van der Waals surface area contributed by atoms with Gasteiger partial charge in [0.2, 0.25) is 0 Å². The number of nitrogens with zero attached hydrogens (tertiary/aromatic N) is 1. The standard InChI is InChI=1S/C10H11ClF2N2O3/c11-7-2-1-3-8(10(7)15(16)17)14-4-5-18-6-9(12)13/h1-3,9,14H,4-6H2. The van der Waals surface area contributed by atoms with E-state index in [9.17, 15) is 18.9 Å². The summed E-state index contributed by atoms with van der Waals surface area (Å²) in [5, 5.41) is 13.5. The fourth-order valence-electron chi connectivity index (χ4n) is 1.27. The number of ether oxygens (including phenoxy) is 1. The molecule has 0 amide bonds. The maximum absolute atomic E-state index is 11.8. The Morgan fingerprint density at radius 2 is 2.22 bits per heavy atom. The first-order chi connectivity index (χ1) is 8.52. The van der Waals surface area contributed by atoms with Crippen LogP contribution in [0.3, 0.4) is 0 Å². The zero-order valence-corrected chi connectivity index (χ0v) is 9.99. The molecule has 0 saturated heterocycles. The Morgan fingerprint density at radius 1 is 1.50 bits per heavy atom. The Bertz CT molecular complexity index is 418. The first-order valence-electron chi connectivity index (χ1n) is 5.05. The van der Waals surface area contributed by atoms with Gasteiger partial charge in [-0.25, -0.2) is 8.78 Å². The van der Waals surface area contributed by atoms with Crippen molar-refractivity contribution < 1.29 is 18.4 Å². The quantitative estimate of drug-likeness (QED) is 0.474. The zero-order valence-electron chi connectivity index (χ0n) is 9.24. The predicted molar refractivity (Wildman–Crippen MR) is 63.4 cm³/mol. The summed E-state index contributed by atoms with van der Waals surface area (Å²) in [5.74, 6) is 0. The van der Waals surface area contributed by atoms with Crippen molar-refractivity contribution in [2.45, 2.75) is 6.43 Å². The second kappa shape index (κ2) is 7.07. The van der Waals surface area contributed by atoms with Gasteiger partial charge in [0.1, 0.15) is 17.3 Å². The molecule has 0 aliphatic heterocycles. The van der Waals surface area contributed by atoms with E-state index in [1.807, 2.05) is 0 Å². The lowest BCUT2D eigenvalue weighted by Crippen LogP contribution is -2.13. The molecule has 1 aromatic rings. The highest BCUT2D eigenvalue weighted by Gasteiger charge is 2.17. The van der Waals surface area contributed by atoms with E-state index in [1.54, 1.807) is 6.07 Å². The number of nitro benzene ring substituents is 1. The molecule has 0 aromatic heterocycles. The van der Waals surface area contributed by atoms with Crippen LogP contribution in [0.4, 0.5) is 20.2 Å². The van der Waals surface area contributed by atoms with Gasteiger partial charge in [-0.2, -0.15) is 0 Å². The van der Waals surface area contributed by atoms with Crippen molar-refractivity contribution >= 4 is 23.0 Å². The lowest BCUT2D eigenvalue weighted by atomic mass is 10.2. The number of hydrogen-bond donors (Lipinski definition) is 1. The van der Waals surface area contributed by atoms with E-state index >= 15 is 0 Å². The molecule has 0 saturated carbocycles. The summed E-state index contributed by atoms with van der Waals surface area (Å²) in [6.07, 6.45) is -2.52. The zero-order chi connectivity index (χ0) is 13.5. The average molecular weight is 281 g/mol. The number of nitrogens with one attached hydrogen (secondary N) is 1. The number of hydrogen-bond acceptors (Lipinski definition) is 4. The van der Waals surface area contributed by atoms with E-state index in [4.69, 9.17) is 11.6 Å². The SMILES string of the molecule is O=[N+]([O-])c1c(Cl)cccc1NCCOCC(F)F. The van der Waals surface area contributed by atoms with Crippen LogP contribution in [0.15, 0.2) is 18.2 Å². The van der Waals surface area contributed by atoms with E-state index < -0.39 is 18.0 Å². The van der Waals surface area contributed by atoms with Crippen LogP contribution < -0.4 is 5.32 Å². The summed E-state index contributed by atoms with van der Waals surface area (Å²) in [6, 6.07) is 4.44. The van der Waals surface area contributed by atoms with Crippen molar-refractivity contribution in [3.8, 4) is 0 Å². The van der Waals surface area contributed by atoms with E-state index in [0.29, 0.717) is 0 Å². The Morgan fingerprint density at radius 3 is 2.83 bits per heavy atom. The lowest BCUT2D eigenvalue weighted by molar-refractivity contribution is -0.383. The van der Waals surface area contributed by atoms with Crippen molar-refractivity contribution in [2.24, 2.45) is 0 Å². The summed E-state index contributed by atoms with van der Waals surface area (Å²) in [5.41, 5.74) is -0.0128. The van der Waals surface area contributed by atoms with Crippen LogP contribution in [-0.2, 0) is 4.74 Å². The Labute approximate surface area is 107 Å². The predicted octanol–water partition coefficient (Wildman–Crippen LogP) is 2.94. The summed E-state index contributed by atoms with van der Waals surface area (Å²) < 4.78 is 28.1. The number of alkyl halides is 2. The molecule has 0 radical (unpaired) electrons. The van der Waals surface area contributed by atoms with Crippen LogP contribution in [0.5, 0.6) is 0 Å². The van der Waals surface area contributed by atoms with Crippen molar-refractivity contribution in [1.82, 2.24) is 0 Å². The highest BCUT2D eigenvalue weighted by atomic mass is 35.5. The molecular formula is C10H11ClF2N2O3. The molecule has 0 aliphatic rings. The highest BCUT2D eigenvalue weighted by Crippen LogP contribution is 2.31. The average Bonchev–Trinajstić information content (AvgIpc) is 2.27. The number of benzene rings is 1. The molecule has 0 unspecified atom stereocenters. The second-order valence-electron chi connectivity index (χ2n) is 3.29. The molecule has 0 atom stereocenters. The van der Waals surface area contributed by atoms with Crippen LogP contribution in [0, 0.1) is 10.1 Å². The first kappa shape index (κ1) is 14.6. The minimum atomic E-state index is -2.52. The lowest BCUT2D eigenvalue weighted by Gasteiger charge is -2.08. The molecule has 1 aromatic carbocycles. The van der Waals surface area contributed by atoms with Gasteiger partial charge in [-0.15, -0.1) is 0 Å². The third-order valence-corrected chi connectivity index (χ3v) is 2.28. The van der Waals surface area contributed by atoms with Crippen molar-refractivity contribution in [3.63, 3.8) is 0 Å². The van der Waals surface area contributed by atoms with Gasteiger partial charge >= 0.3 is 5.69 Å². The molecule has 1 N–H and O–H groups in total. The Hall–Kier alpha value is -1.47. The van der Waals surface area contributed by atoms with Crippen molar-refractivity contribution in [1.29, 1.82) is 0 Å². The monoisotopic (exact) mass is 280 g/mol. The maximum atomic E-state index is 11.8. The van der Waals surface area contributed by atoms with Crippen LogP contribution in [-0.4, -0.2) is 31.1 Å². The normalized spacial score (nSPS) is 10.7. The molecule has 8 heteroatoms. The fourth-order valence-corrected chi connectivity index (χ4v) is 1.52. The summed E-state index contributed by atoms with van der Waals surface area (Å²) in [4.78, 5) is 10.2. The molecule has 1 rings (SSSR count). The molecule has 0 aliphatic carbocycles. The smallest absolute Gasteiger partial charge is 0.310 e. The van der Waals surface area contributed by atoms with Gasteiger partial charge in [0, 0.05) is 6.54 Å². The van der Waals surface area contributed by atoms with E-state index in [-0.39, 0.29) is 29.5 Å². The molecule has 0 bridgehead atoms. The van der Waals surface area contributed by atoms with Crippen LogP contribution >= 0.6 is 11.6 Å². The van der Waals surface area contributed by atoms with E-state index in [2.05, 4.69) is 10.1 Å². The molecule has 0 fully saturated rings. The van der Waals surface area contributed by atoms with Crippen LogP contribution in [0.1, 0.15) is 0 Å². The minimum absolute atomic E-state index is 0.0125. The van der Waals surface area contributed by atoms with E-state index in [1.165, 1.54) is 12.1 Å². The van der Waals surface area contributed by atoms with Gasteiger partial charge in [-0.3, -0.25) is 10.1 Å². The summed E-state index contributed by atoms with van der Waals surface area (Å²) in [6.45, 7) is -0.457. The third kappa shape index (κ3) is 4.42. The number of para-hydroxylation sites is 1. The van der Waals surface area contributed by atoms with Crippen molar-refractivity contribution in [2.75, 3.05) is 25.1 Å². The molecule has 0 spiro atoms. The number of rotatable bonds is 7. The Kier molecular flexibility index (Phi) is 5.73. The molecular weight excluding hydrogens is 270 g/mol. The van der Waals surface area contributed by atoms with Gasteiger partial charge in [-0.05, 0) is 12.1 Å². The second-order valence-corrected chi connectivity index (χ2v) is 3.69. The van der Waals surface area contributed by atoms with Gasteiger partial charge < -0.3 is 10.1 Å². The fraction of sp³-hybridized carbons (Fsp3) is 0.400. The van der Waals surface area contributed by atoms with Gasteiger partial charge in [-0.1, -0.05) is 17.7 Å². The van der Waals surface area contributed by atoms with Gasteiger partial charge in [0.15, 0.2) is 0 Å². The third-order valence-electron chi connectivity index (χ3n) is 1.98. The molecule has 100 valence electrons. The number of anilines is 1. The van der Waals surface area contributed by atoms with Crippen LogP contribution in [0.2, 0.25) is 5.02 Å². The van der Waals surface area contributed by atoms with Crippen molar-refractivity contribution in [3.05, 3.63) is 33.3 Å². The topological polar surface area (TPSA) is 64.4 Å². The van der Waals surface area contributed by atoms with Gasteiger partial charge in [0.05, 0.1) is 11.5 Å². The summed E-state index contributed by atoms with van der Waals surface area (Å²) >= 11 is 5.69. The van der Waals surface area contributed by atoms with Gasteiger partial charge in [0.25, 0.3) is 6.43 Å². The largest absolute Gasteiger partial charge is 0.377 e. The first-order valence-corrected chi connectivity index (χ1v) is 5.43. The Balaban J connectivity index is 2.52. The minimum Gasteiger partial charge on any atom is -0.377 e. The number of nitro groups is 1. The van der Waals surface area contributed by atoms with E-state index in [0.717, 1.165) is 0 Å². The maximum Gasteiger partial charge on any atom is 0.310 e. The number of halogens is 3. The molecule has 0 heterocycles. The van der Waals surface area contributed by atoms with Crippen LogP contribution in [0.25, 0.3) is 0 Å². The molecule has 5 nitrogen and oxygen atoms in total. The molecule has 18 heavy (non-hydrogen) atoms. The summed E-state index contributed by atoms with van der Waals surface area (Å²) in [7, 11) is 0.